The highest BCUT2D eigenvalue weighted by atomic mass is 32.2. The fraction of sp³-hybridized carbons (Fsp3) is 0.615. The van der Waals surface area contributed by atoms with E-state index in [4.69, 9.17) is 0 Å². The van der Waals surface area contributed by atoms with Crippen LogP contribution < -0.4 is 0 Å². The van der Waals surface area contributed by atoms with Crippen LogP contribution in [0, 0.1) is 5.92 Å². The number of ketones is 1. The Hall–Kier alpha value is -1.10. The van der Waals surface area contributed by atoms with Gasteiger partial charge in [0.1, 0.15) is 9.84 Å². The summed E-state index contributed by atoms with van der Waals surface area (Å²) >= 11 is 0. The summed E-state index contributed by atoms with van der Waals surface area (Å²) in [6.45, 7) is 6.02. The Morgan fingerprint density at radius 2 is 2.06 bits per heavy atom. The second kappa shape index (κ2) is 6.18. The van der Waals surface area contributed by atoms with Crippen LogP contribution >= 0.6 is 0 Å². The van der Waals surface area contributed by atoms with Crippen LogP contribution in [0.25, 0.3) is 0 Å². The van der Waals surface area contributed by atoms with Gasteiger partial charge in [-0.1, -0.05) is 20.8 Å². The lowest BCUT2D eigenvalue weighted by Gasteiger charge is -2.03. The molecule has 0 amide bonds. The fourth-order valence-electron chi connectivity index (χ4n) is 1.67. The monoisotopic (exact) mass is 271 g/mol. The smallest absolute Gasteiger partial charge is 0.166 e. The fourth-order valence-corrected chi connectivity index (χ4v) is 2.53. The number of carbonyl (C=O) groups is 1. The molecule has 0 saturated carbocycles. The van der Waals surface area contributed by atoms with Crippen LogP contribution in [0.4, 0.5) is 0 Å². The van der Waals surface area contributed by atoms with Gasteiger partial charge in [-0.05, 0) is 12.5 Å². The largest absolute Gasteiger partial charge is 0.353 e. The van der Waals surface area contributed by atoms with Gasteiger partial charge in [0.25, 0.3) is 0 Å². The van der Waals surface area contributed by atoms with Crippen molar-refractivity contribution in [1.29, 1.82) is 0 Å². The average Bonchev–Trinajstić information content (AvgIpc) is 2.76. The Morgan fingerprint density at radius 1 is 1.39 bits per heavy atom. The van der Waals surface area contributed by atoms with Crippen molar-refractivity contribution in [2.75, 3.05) is 11.5 Å². The van der Waals surface area contributed by atoms with E-state index < -0.39 is 9.84 Å². The summed E-state index contributed by atoms with van der Waals surface area (Å²) in [6, 6.07) is 1.79. The zero-order valence-electron chi connectivity index (χ0n) is 11.2. The normalized spacial score (nSPS) is 12.0. The number of Topliss-reactive ketones (excluding diaryl/α,β-unsaturated/α-hetero) is 1. The molecule has 0 bridgehead atoms. The lowest BCUT2D eigenvalue weighted by molar-refractivity contribution is 0.0939. The first-order chi connectivity index (χ1) is 8.35. The summed E-state index contributed by atoms with van der Waals surface area (Å²) in [4.78, 5) is 11.7. The van der Waals surface area contributed by atoms with Crippen molar-refractivity contribution in [2.45, 2.75) is 33.7 Å². The molecule has 0 aromatic carbocycles. The molecule has 0 aliphatic rings. The first kappa shape index (κ1) is 15.0. The van der Waals surface area contributed by atoms with Gasteiger partial charge in [-0.25, -0.2) is 8.42 Å². The maximum atomic E-state index is 11.7. The van der Waals surface area contributed by atoms with E-state index >= 15 is 0 Å². The predicted octanol–water partition coefficient (Wildman–Crippen LogP) is 2.15. The molecular formula is C13H21NO3S. The number of carbonyl (C=O) groups excluding carboxylic acids is 1. The molecule has 0 atom stereocenters. The van der Waals surface area contributed by atoms with E-state index in [0.717, 1.165) is 0 Å². The minimum absolute atomic E-state index is 0.0127. The number of rotatable bonds is 7. The number of hydrogen-bond donors (Lipinski definition) is 0. The highest BCUT2D eigenvalue weighted by molar-refractivity contribution is 7.91. The third-order valence-electron chi connectivity index (χ3n) is 2.87. The Labute approximate surface area is 109 Å². The summed E-state index contributed by atoms with van der Waals surface area (Å²) in [5, 5.41) is 0. The van der Waals surface area contributed by atoms with E-state index in [1.165, 1.54) is 0 Å². The molecule has 0 N–H and O–H groups in total. The number of sulfone groups is 1. The summed E-state index contributed by atoms with van der Waals surface area (Å²) < 4.78 is 24.5. The SMILES string of the molecule is CCS(=O)(=O)CCCn1ccc(C(=O)C(C)C)c1. The van der Waals surface area contributed by atoms with Gasteiger partial charge in [-0.15, -0.1) is 0 Å². The van der Waals surface area contributed by atoms with Gasteiger partial charge in [0.2, 0.25) is 0 Å². The molecule has 5 heteroatoms. The van der Waals surface area contributed by atoms with Crippen molar-refractivity contribution in [1.82, 2.24) is 4.57 Å². The highest BCUT2D eigenvalue weighted by Gasteiger charge is 2.12. The summed E-state index contributed by atoms with van der Waals surface area (Å²) in [6.07, 6.45) is 4.20. The Kier molecular flexibility index (Phi) is 5.14. The van der Waals surface area contributed by atoms with Crippen LogP contribution in [0.3, 0.4) is 0 Å². The van der Waals surface area contributed by atoms with Crippen LogP contribution in [-0.2, 0) is 16.4 Å². The molecule has 0 aliphatic heterocycles. The molecule has 1 heterocycles. The van der Waals surface area contributed by atoms with E-state index in [1.54, 1.807) is 19.2 Å². The molecule has 4 nitrogen and oxygen atoms in total. The van der Waals surface area contributed by atoms with E-state index in [2.05, 4.69) is 0 Å². The van der Waals surface area contributed by atoms with E-state index in [1.807, 2.05) is 24.6 Å². The first-order valence-electron chi connectivity index (χ1n) is 6.26. The molecule has 0 saturated heterocycles. The maximum Gasteiger partial charge on any atom is 0.166 e. The Bertz CT molecular complexity index is 500. The van der Waals surface area contributed by atoms with Gasteiger partial charge in [-0.3, -0.25) is 4.79 Å². The van der Waals surface area contributed by atoms with Gasteiger partial charge in [0.05, 0.1) is 5.75 Å². The van der Waals surface area contributed by atoms with Crippen molar-refractivity contribution in [3.63, 3.8) is 0 Å². The molecule has 0 spiro atoms. The molecule has 0 fully saturated rings. The Morgan fingerprint density at radius 3 is 2.61 bits per heavy atom. The van der Waals surface area contributed by atoms with Gasteiger partial charge < -0.3 is 4.57 Å². The molecule has 1 aromatic rings. The van der Waals surface area contributed by atoms with Gasteiger partial charge in [0.15, 0.2) is 5.78 Å². The topological polar surface area (TPSA) is 56.1 Å². The van der Waals surface area contributed by atoms with Gasteiger partial charge >= 0.3 is 0 Å². The quantitative estimate of drug-likeness (QED) is 0.714. The minimum Gasteiger partial charge on any atom is -0.353 e. The summed E-state index contributed by atoms with van der Waals surface area (Å²) in [5.74, 6) is 0.501. The lowest BCUT2D eigenvalue weighted by Crippen LogP contribution is -2.11. The second-order valence-corrected chi connectivity index (χ2v) is 7.22. The van der Waals surface area contributed by atoms with E-state index in [9.17, 15) is 13.2 Å². The van der Waals surface area contributed by atoms with Crippen molar-refractivity contribution in [2.24, 2.45) is 5.92 Å². The standard InChI is InChI=1S/C13H21NO3S/c1-4-18(16,17)9-5-7-14-8-6-12(10-14)13(15)11(2)3/h6,8,10-11H,4-5,7,9H2,1-3H3. The van der Waals surface area contributed by atoms with Crippen LogP contribution in [0.5, 0.6) is 0 Å². The van der Waals surface area contributed by atoms with Crippen molar-refractivity contribution in [3.8, 4) is 0 Å². The number of aryl methyl sites for hydroxylation is 1. The Balaban J connectivity index is 2.53. The number of hydrogen-bond acceptors (Lipinski definition) is 3. The van der Waals surface area contributed by atoms with Crippen LogP contribution in [-0.4, -0.2) is 30.3 Å². The highest BCUT2D eigenvalue weighted by Crippen LogP contribution is 2.09. The second-order valence-electron chi connectivity index (χ2n) is 4.75. The van der Waals surface area contributed by atoms with Crippen LogP contribution in [0.2, 0.25) is 0 Å². The van der Waals surface area contributed by atoms with Gasteiger partial charge in [0, 0.05) is 36.2 Å². The first-order valence-corrected chi connectivity index (χ1v) is 8.08. The third-order valence-corrected chi connectivity index (χ3v) is 4.66. The lowest BCUT2D eigenvalue weighted by atomic mass is 10.0. The van der Waals surface area contributed by atoms with Crippen molar-refractivity contribution in [3.05, 3.63) is 24.0 Å². The molecule has 18 heavy (non-hydrogen) atoms. The predicted molar refractivity (Wildman–Crippen MR) is 72.5 cm³/mol. The molecule has 1 rings (SSSR count). The summed E-state index contributed by atoms with van der Waals surface area (Å²) in [5.41, 5.74) is 0.698. The molecule has 0 unspecified atom stereocenters. The molecule has 0 aliphatic carbocycles. The zero-order chi connectivity index (χ0) is 13.8. The minimum atomic E-state index is -2.89. The number of aromatic nitrogens is 1. The zero-order valence-corrected chi connectivity index (χ0v) is 12.0. The van der Waals surface area contributed by atoms with Crippen molar-refractivity contribution >= 4 is 15.6 Å². The molecular weight excluding hydrogens is 250 g/mol. The van der Waals surface area contributed by atoms with Crippen LogP contribution in [0.15, 0.2) is 18.5 Å². The average molecular weight is 271 g/mol. The molecule has 0 radical (unpaired) electrons. The molecule has 102 valence electrons. The number of nitrogens with zero attached hydrogens (tertiary/aromatic N) is 1. The van der Waals surface area contributed by atoms with Gasteiger partial charge in [-0.2, -0.15) is 0 Å². The maximum absolute atomic E-state index is 11.7. The van der Waals surface area contributed by atoms with E-state index in [-0.39, 0.29) is 23.2 Å². The third kappa shape index (κ3) is 4.29. The van der Waals surface area contributed by atoms with Crippen molar-refractivity contribution < 1.29 is 13.2 Å². The summed E-state index contributed by atoms with van der Waals surface area (Å²) in [7, 11) is -2.89. The molecule has 1 aromatic heterocycles. The van der Waals surface area contributed by atoms with E-state index in [0.29, 0.717) is 18.5 Å². The van der Waals surface area contributed by atoms with Crippen LogP contribution in [0.1, 0.15) is 37.6 Å².